The van der Waals surface area contributed by atoms with E-state index in [1.54, 1.807) is 13.3 Å². The van der Waals surface area contributed by atoms with Crippen LogP contribution in [0.5, 0.6) is 5.75 Å². The summed E-state index contributed by atoms with van der Waals surface area (Å²) in [6.45, 7) is 0. The summed E-state index contributed by atoms with van der Waals surface area (Å²) >= 11 is 0. The van der Waals surface area contributed by atoms with Gasteiger partial charge in [0.1, 0.15) is 5.75 Å². The van der Waals surface area contributed by atoms with Gasteiger partial charge in [-0.15, -0.1) is 0 Å². The minimum Gasteiger partial charge on any atom is -0.497 e. The lowest BCUT2D eigenvalue weighted by Gasteiger charge is -2.28. The number of hydrogen-bond acceptors (Lipinski definition) is 3. The third-order valence-corrected chi connectivity index (χ3v) is 4.02. The van der Waals surface area contributed by atoms with Crippen molar-refractivity contribution in [3.63, 3.8) is 0 Å². The van der Waals surface area contributed by atoms with E-state index >= 15 is 0 Å². The Kier molecular flexibility index (Phi) is 3.45. The normalized spacial score (nSPS) is 17.5. The van der Waals surface area contributed by atoms with E-state index in [-0.39, 0.29) is 0 Å². The smallest absolute Gasteiger partial charge is 0.118 e. The van der Waals surface area contributed by atoms with Crippen molar-refractivity contribution in [1.82, 2.24) is 4.98 Å². The van der Waals surface area contributed by atoms with E-state index in [4.69, 9.17) is 4.74 Å². The van der Waals surface area contributed by atoms with Crippen LogP contribution in [-0.2, 0) is 12.0 Å². The van der Waals surface area contributed by atoms with Gasteiger partial charge in [-0.05, 0) is 48.6 Å². The SMILES string of the molecule is COc1ccc([C@@](O)(Cc2ccccn2)C2CC2)cc1. The van der Waals surface area contributed by atoms with Gasteiger partial charge in [0.15, 0.2) is 0 Å². The molecular formula is C17H19NO2. The van der Waals surface area contributed by atoms with Crippen LogP contribution in [0, 0.1) is 5.92 Å². The molecule has 1 aromatic carbocycles. The molecule has 0 saturated heterocycles. The van der Waals surface area contributed by atoms with Gasteiger partial charge in [-0.2, -0.15) is 0 Å². The summed E-state index contributed by atoms with van der Waals surface area (Å²) < 4.78 is 5.18. The number of methoxy groups -OCH3 is 1. The van der Waals surface area contributed by atoms with Crippen molar-refractivity contribution in [1.29, 1.82) is 0 Å². The predicted molar refractivity (Wildman–Crippen MR) is 77.6 cm³/mol. The molecule has 1 aliphatic rings. The molecule has 0 bridgehead atoms. The van der Waals surface area contributed by atoms with Crippen molar-refractivity contribution < 1.29 is 9.84 Å². The topological polar surface area (TPSA) is 42.4 Å². The number of nitrogens with zero attached hydrogens (tertiary/aromatic N) is 1. The molecule has 0 amide bonds. The highest BCUT2D eigenvalue weighted by Crippen LogP contribution is 2.47. The molecule has 1 atom stereocenters. The monoisotopic (exact) mass is 269 g/mol. The minimum atomic E-state index is -0.819. The molecule has 0 aliphatic heterocycles. The zero-order chi connectivity index (χ0) is 14.0. The molecule has 0 unspecified atom stereocenters. The molecule has 1 N–H and O–H groups in total. The lowest BCUT2D eigenvalue weighted by molar-refractivity contribution is 0.0122. The molecule has 3 rings (SSSR count). The van der Waals surface area contributed by atoms with E-state index in [1.165, 1.54) is 0 Å². The van der Waals surface area contributed by atoms with Crippen molar-refractivity contribution in [2.45, 2.75) is 24.9 Å². The van der Waals surface area contributed by atoms with Crippen molar-refractivity contribution in [3.8, 4) is 5.75 Å². The highest BCUT2D eigenvalue weighted by molar-refractivity contribution is 5.33. The maximum atomic E-state index is 11.2. The third kappa shape index (κ3) is 2.54. The highest BCUT2D eigenvalue weighted by Gasteiger charge is 2.45. The molecule has 3 heteroatoms. The molecule has 1 heterocycles. The number of ether oxygens (including phenoxy) is 1. The minimum absolute atomic E-state index is 0.331. The molecule has 1 saturated carbocycles. The van der Waals surface area contributed by atoms with Gasteiger partial charge < -0.3 is 9.84 Å². The van der Waals surface area contributed by atoms with Crippen molar-refractivity contribution in [3.05, 3.63) is 59.9 Å². The Morgan fingerprint density at radius 1 is 1.20 bits per heavy atom. The molecule has 20 heavy (non-hydrogen) atoms. The van der Waals surface area contributed by atoms with E-state index in [0.717, 1.165) is 29.8 Å². The fraction of sp³-hybridized carbons (Fsp3) is 0.353. The second-order valence-corrected chi connectivity index (χ2v) is 5.42. The fourth-order valence-corrected chi connectivity index (χ4v) is 2.70. The number of hydrogen-bond donors (Lipinski definition) is 1. The first kappa shape index (κ1) is 13.1. The first-order chi connectivity index (χ1) is 9.72. The van der Waals surface area contributed by atoms with Crippen LogP contribution >= 0.6 is 0 Å². The van der Waals surface area contributed by atoms with Crippen LogP contribution in [0.2, 0.25) is 0 Å². The first-order valence-corrected chi connectivity index (χ1v) is 6.99. The van der Waals surface area contributed by atoms with E-state index in [9.17, 15) is 5.11 Å². The average molecular weight is 269 g/mol. The van der Waals surface area contributed by atoms with Crippen LogP contribution < -0.4 is 4.74 Å². The third-order valence-electron chi connectivity index (χ3n) is 4.02. The van der Waals surface area contributed by atoms with Gasteiger partial charge >= 0.3 is 0 Å². The maximum absolute atomic E-state index is 11.2. The van der Waals surface area contributed by atoms with Gasteiger partial charge in [0.05, 0.1) is 12.7 Å². The molecule has 1 aromatic heterocycles. The van der Waals surface area contributed by atoms with Gasteiger partial charge in [-0.3, -0.25) is 4.98 Å². The zero-order valence-corrected chi connectivity index (χ0v) is 11.6. The Balaban J connectivity index is 1.90. The average Bonchev–Trinajstić information content (AvgIpc) is 3.33. The molecule has 1 fully saturated rings. The molecule has 2 aromatic rings. The maximum Gasteiger partial charge on any atom is 0.118 e. The van der Waals surface area contributed by atoms with E-state index in [1.807, 2.05) is 42.5 Å². The van der Waals surface area contributed by atoms with Crippen LogP contribution in [0.3, 0.4) is 0 Å². The second kappa shape index (κ2) is 5.25. The quantitative estimate of drug-likeness (QED) is 0.907. The number of benzene rings is 1. The highest BCUT2D eigenvalue weighted by atomic mass is 16.5. The van der Waals surface area contributed by atoms with Crippen LogP contribution in [0.25, 0.3) is 0 Å². The predicted octanol–water partition coefficient (Wildman–Crippen LogP) is 2.93. The van der Waals surface area contributed by atoms with Crippen LogP contribution in [-0.4, -0.2) is 17.2 Å². The van der Waals surface area contributed by atoms with Crippen molar-refractivity contribution in [2.75, 3.05) is 7.11 Å². The second-order valence-electron chi connectivity index (χ2n) is 5.42. The summed E-state index contributed by atoms with van der Waals surface area (Å²) in [5, 5.41) is 11.2. The van der Waals surface area contributed by atoms with Crippen molar-refractivity contribution in [2.24, 2.45) is 5.92 Å². The molecule has 3 nitrogen and oxygen atoms in total. The fourth-order valence-electron chi connectivity index (χ4n) is 2.70. The summed E-state index contributed by atoms with van der Waals surface area (Å²) in [5.74, 6) is 1.14. The molecule has 0 spiro atoms. The first-order valence-electron chi connectivity index (χ1n) is 6.99. The summed E-state index contributed by atoms with van der Waals surface area (Å²) in [6, 6.07) is 13.6. The Bertz CT molecular complexity index is 563. The van der Waals surface area contributed by atoms with Crippen LogP contribution in [0.1, 0.15) is 24.1 Å². The summed E-state index contributed by atoms with van der Waals surface area (Å²) in [7, 11) is 1.65. The van der Waals surface area contributed by atoms with Gasteiger partial charge in [-0.25, -0.2) is 0 Å². The molecular weight excluding hydrogens is 250 g/mol. The van der Waals surface area contributed by atoms with Gasteiger partial charge in [0, 0.05) is 18.3 Å². The van der Waals surface area contributed by atoms with E-state index in [2.05, 4.69) is 4.98 Å². The standard InChI is InChI=1S/C17H19NO2/c1-20-16-9-7-14(8-10-16)17(19,13-5-6-13)12-15-4-2-3-11-18-15/h2-4,7-11,13,19H,5-6,12H2,1H3/t17-/m1/s1. The Labute approximate surface area is 119 Å². The molecule has 1 aliphatic carbocycles. The van der Waals surface area contributed by atoms with Crippen LogP contribution in [0.4, 0.5) is 0 Å². The van der Waals surface area contributed by atoms with Crippen LogP contribution in [0.15, 0.2) is 48.7 Å². The number of aromatic nitrogens is 1. The van der Waals surface area contributed by atoms with Crippen molar-refractivity contribution >= 4 is 0 Å². The Morgan fingerprint density at radius 3 is 2.50 bits per heavy atom. The van der Waals surface area contributed by atoms with E-state index in [0.29, 0.717) is 12.3 Å². The zero-order valence-electron chi connectivity index (χ0n) is 11.6. The summed E-state index contributed by atoms with van der Waals surface area (Å²) in [4.78, 5) is 4.35. The van der Waals surface area contributed by atoms with Gasteiger partial charge in [-0.1, -0.05) is 18.2 Å². The Morgan fingerprint density at radius 2 is 1.95 bits per heavy atom. The Hall–Kier alpha value is -1.87. The lowest BCUT2D eigenvalue weighted by atomic mass is 9.84. The molecule has 0 radical (unpaired) electrons. The molecule has 104 valence electrons. The summed E-state index contributed by atoms with van der Waals surface area (Å²) in [5.41, 5.74) is 1.06. The van der Waals surface area contributed by atoms with Gasteiger partial charge in [0.2, 0.25) is 0 Å². The lowest BCUT2D eigenvalue weighted by Crippen LogP contribution is -2.31. The largest absolute Gasteiger partial charge is 0.497 e. The van der Waals surface area contributed by atoms with E-state index < -0.39 is 5.60 Å². The summed E-state index contributed by atoms with van der Waals surface area (Å²) in [6.07, 6.45) is 4.49. The number of rotatable bonds is 5. The van der Waals surface area contributed by atoms with Gasteiger partial charge in [0.25, 0.3) is 0 Å². The number of aliphatic hydroxyl groups is 1. The number of pyridine rings is 1.